The van der Waals surface area contributed by atoms with Crippen molar-refractivity contribution in [3.05, 3.63) is 28.8 Å². The van der Waals surface area contributed by atoms with Crippen molar-refractivity contribution in [1.82, 2.24) is 5.32 Å². The van der Waals surface area contributed by atoms with Crippen LogP contribution in [-0.2, 0) is 6.42 Å². The zero-order valence-corrected chi connectivity index (χ0v) is 10.3. The van der Waals surface area contributed by atoms with Crippen LogP contribution in [0.4, 0.5) is 5.69 Å². The topological polar surface area (TPSA) is 15.3 Å². The van der Waals surface area contributed by atoms with Gasteiger partial charge >= 0.3 is 0 Å². The van der Waals surface area contributed by atoms with Crippen LogP contribution in [-0.4, -0.2) is 26.2 Å². The molecule has 0 saturated carbocycles. The number of fused-ring (bicyclic) bond motifs is 2. The third kappa shape index (κ3) is 1.61. The number of nitrogens with one attached hydrogen (secondary N) is 1. The number of rotatable bonds is 0. The molecule has 1 N–H and O–H groups in total. The Morgan fingerprint density at radius 2 is 2.31 bits per heavy atom. The molecule has 16 heavy (non-hydrogen) atoms. The quantitative estimate of drug-likeness (QED) is 0.744. The molecule has 2 nitrogen and oxygen atoms in total. The first-order valence-electron chi connectivity index (χ1n) is 5.97. The predicted octanol–water partition coefficient (Wildman–Crippen LogP) is 2.31. The number of likely N-dealkylation sites (N-methyl/N-ethyl adjacent to an activating group) is 1. The van der Waals surface area contributed by atoms with E-state index in [0.29, 0.717) is 6.04 Å². The van der Waals surface area contributed by atoms with E-state index in [-0.39, 0.29) is 0 Å². The summed E-state index contributed by atoms with van der Waals surface area (Å²) in [4.78, 5) is 2.40. The van der Waals surface area contributed by atoms with Crippen LogP contribution in [0.3, 0.4) is 0 Å². The van der Waals surface area contributed by atoms with Crippen LogP contribution in [0.5, 0.6) is 0 Å². The Morgan fingerprint density at radius 3 is 3.19 bits per heavy atom. The van der Waals surface area contributed by atoms with Crippen LogP contribution in [0, 0.1) is 5.92 Å². The van der Waals surface area contributed by atoms with E-state index in [2.05, 4.69) is 29.4 Å². The van der Waals surface area contributed by atoms with Gasteiger partial charge in [-0.2, -0.15) is 0 Å². The van der Waals surface area contributed by atoms with Gasteiger partial charge in [0.25, 0.3) is 0 Å². The predicted molar refractivity (Wildman–Crippen MR) is 68.3 cm³/mol. The summed E-state index contributed by atoms with van der Waals surface area (Å²) in [6, 6.07) is 6.93. The SMILES string of the molecule is CN1c2cc(Cl)ccc2CC2CCNCC21. The molecular formula is C13H17ClN2. The summed E-state index contributed by atoms with van der Waals surface area (Å²) in [7, 11) is 2.19. The van der Waals surface area contributed by atoms with E-state index in [1.165, 1.54) is 24.1 Å². The molecule has 0 aromatic heterocycles. The van der Waals surface area contributed by atoms with Gasteiger partial charge in [-0.15, -0.1) is 0 Å². The van der Waals surface area contributed by atoms with E-state index in [9.17, 15) is 0 Å². The van der Waals surface area contributed by atoms with Crippen molar-refractivity contribution < 1.29 is 0 Å². The lowest BCUT2D eigenvalue weighted by molar-refractivity contribution is 0.303. The van der Waals surface area contributed by atoms with Gasteiger partial charge in [0.15, 0.2) is 0 Å². The van der Waals surface area contributed by atoms with Crippen molar-refractivity contribution in [3.63, 3.8) is 0 Å². The molecule has 0 spiro atoms. The Morgan fingerprint density at radius 1 is 1.44 bits per heavy atom. The van der Waals surface area contributed by atoms with E-state index in [0.717, 1.165) is 24.0 Å². The summed E-state index contributed by atoms with van der Waals surface area (Å²) in [5, 5.41) is 4.33. The van der Waals surface area contributed by atoms with Crippen molar-refractivity contribution >= 4 is 17.3 Å². The molecule has 0 aliphatic carbocycles. The van der Waals surface area contributed by atoms with Crippen LogP contribution >= 0.6 is 11.6 Å². The number of piperidine rings is 1. The van der Waals surface area contributed by atoms with Gasteiger partial charge in [0, 0.05) is 30.3 Å². The van der Waals surface area contributed by atoms with Gasteiger partial charge < -0.3 is 10.2 Å². The first-order valence-corrected chi connectivity index (χ1v) is 6.35. The van der Waals surface area contributed by atoms with Crippen molar-refractivity contribution in [2.45, 2.75) is 18.9 Å². The van der Waals surface area contributed by atoms with Crippen LogP contribution in [0.1, 0.15) is 12.0 Å². The van der Waals surface area contributed by atoms with E-state index < -0.39 is 0 Å². The third-order valence-electron chi connectivity index (χ3n) is 4.00. The molecule has 2 heterocycles. The maximum Gasteiger partial charge on any atom is 0.0443 e. The summed E-state index contributed by atoms with van der Waals surface area (Å²) < 4.78 is 0. The minimum Gasteiger partial charge on any atom is -0.370 e. The molecule has 0 amide bonds. The smallest absolute Gasteiger partial charge is 0.0443 e. The summed E-state index contributed by atoms with van der Waals surface area (Å²) in [5.74, 6) is 0.805. The van der Waals surface area contributed by atoms with Crippen LogP contribution < -0.4 is 10.2 Å². The van der Waals surface area contributed by atoms with Gasteiger partial charge in [0.1, 0.15) is 0 Å². The second kappa shape index (κ2) is 3.94. The second-order valence-electron chi connectivity index (χ2n) is 4.91. The van der Waals surface area contributed by atoms with Gasteiger partial charge in [-0.25, -0.2) is 0 Å². The largest absolute Gasteiger partial charge is 0.370 e. The number of halogens is 1. The molecule has 1 saturated heterocycles. The van der Waals surface area contributed by atoms with Crippen LogP contribution in [0.2, 0.25) is 5.02 Å². The Kier molecular flexibility index (Phi) is 2.56. The normalized spacial score (nSPS) is 28.5. The fraction of sp³-hybridized carbons (Fsp3) is 0.538. The second-order valence-corrected chi connectivity index (χ2v) is 5.34. The fourth-order valence-corrected chi connectivity index (χ4v) is 3.25. The first-order chi connectivity index (χ1) is 7.75. The fourth-order valence-electron chi connectivity index (χ4n) is 3.09. The highest BCUT2D eigenvalue weighted by atomic mass is 35.5. The van der Waals surface area contributed by atoms with Crippen molar-refractivity contribution in [3.8, 4) is 0 Å². The molecule has 2 atom stereocenters. The highest BCUT2D eigenvalue weighted by Gasteiger charge is 2.33. The van der Waals surface area contributed by atoms with Gasteiger partial charge in [-0.1, -0.05) is 17.7 Å². The molecule has 2 aliphatic heterocycles. The average Bonchev–Trinajstić information content (AvgIpc) is 2.31. The van der Waals surface area contributed by atoms with E-state index >= 15 is 0 Å². The lowest BCUT2D eigenvalue weighted by Crippen LogP contribution is -2.53. The van der Waals surface area contributed by atoms with Crippen molar-refractivity contribution in [2.24, 2.45) is 5.92 Å². The maximum atomic E-state index is 6.07. The Balaban J connectivity index is 2.00. The Labute approximate surface area is 102 Å². The molecule has 2 aliphatic rings. The third-order valence-corrected chi connectivity index (χ3v) is 4.23. The van der Waals surface area contributed by atoms with Crippen molar-refractivity contribution in [2.75, 3.05) is 25.0 Å². The number of nitrogens with zero attached hydrogens (tertiary/aromatic N) is 1. The summed E-state index contributed by atoms with van der Waals surface area (Å²) in [6.45, 7) is 2.27. The molecule has 1 aromatic carbocycles. The van der Waals surface area contributed by atoms with Gasteiger partial charge in [-0.05, 0) is 43.0 Å². The molecule has 2 unspecified atom stereocenters. The minimum absolute atomic E-state index is 0.639. The molecule has 1 aromatic rings. The molecule has 3 heteroatoms. The van der Waals surface area contributed by atoms with Gasteiger partial charge in [-0.3, -0.25) is 0 Å². The summed E-state index contributed by atoms with van der Waals surface area (Å²) in [6.07, 6.45) is 2.50. The lowest BCUT2D eigenvalue weighted by Gasteiger charge is -2.44. The monoisotopic (exact) mass is 236 g/mol. The maximum absolute atomic E-state index is 6.07. The zero-order chi connectivity index (χ0) is 11.1. The molecule has 3 rings (SSSR count). The Hall–Kier alpha value is -0.730. The first kappa shape index (κ1) is 10.4. The number of anilines is 1. The average molecular weight is 237 g/mol. The highest BCUT2D eigenvalue weighted by Crippen LogP contribution is 2.36. The van der Waals surface area contributed by atoms with Gasteiger partial charge in [0.2, 0.25) is 0 Å². The highest BCUT2D eigenvalue weighted by molar-refractivity contribution is 6.30. The molecule has 0 radical (unpaired) electrons. The molecule has 1 fully saturated rings. The van der Waals surface area contributed by atoms with Gasteiger partial charge in [0.05, 0.1) is 0 Å². The van der Waals surface area contributed by atoms with E-state index in [1.807, 2.05) is 6.07 Å². The molecular weight excluding hydrogens is 220 g/mol. The van der Waals surface area contributed by atoms with Crippen LogP contribution in [0.25, 0.3) is 0 Å². The minimum atomic E-state index is 0.639. The van der Waals surface area contributed by atoms with Crippen LogP contribution in [0.15, 0.2) is 18.2 Å². The summed E-state index contributed by atoms with van der Waals surface area (Å²) in [5.41, 5.74) is 2.77. The number of hydrogen-bond acceptors (Lipinski definition) is 2. The summed E-state index contributed by atoms with van der Waals surface area (Å²) >= 11 is 6.07. The van der Waals surface area contributed by atoms with Crippen molar-refractivity contribution in [1.29, 1.82) is 0 Å². The zero-order valence-electron chi connectivity index (χ0n) is 9.54. The van der Waals surface area contributed by atoms with E-state index in [4.69, 9.17) is 11.6 Å². The lowest BCUT2D eigenvalue weighted by atomic mass is 9.82. The molecule has 86 valence electrons. The van der Waals surface area contributed by atoms with E-state index in [1.54, 1.807) is 0 Å². The Bertz CT molecular complexity index is 405. The standard InChI is InChI=1S/C13H17ClN2/c1-16-12-7-11(14)3-2-9(12)6-10-4-5-15-8-13(10)16/h2-3,7,10,13,15H,4-6,8H2,1H3. The molecule has 0 bridgehead atoms. The number of benzene rings is 1. The number of hydrogen-bond donors (Lipinski definition) is 1.